The van der Waals surface area contributed by atoms with E-state index in [1.54, 1.807) is 19.1 Å². The smallest absolute Gasteiger partial charge is 0.330 e. The molecule has 0 radical (unpaired) electrons. The molecule has 1 rings (SSSR count). The molecule has 0 aliphatic carbocycles. The van der Waals surface area contributed by atoms with E-state index in [1.807, 2.05) is 11.5 Å². The Bertz CT molecular complexity index is 406. The fraction of sp³-hybridized carbons (Fsp3) is 0.111. The van der Waals surface area contributed by atoms with Crippen molar-refractivity contribution in [3.63, 3.8) is 0 Å². The maximum atomic E-state index is 11.5. The summed E-state index contributed by atoms with van der Waals surface area (Å²) in [6.45, 7) is 1.79. The second-order valence-corrected chi connectivity index (χ2v) is 3.71. The van der Waals surface area contributed by atoms with Crippen LogP contribution in [0.1, 0.15) is 15.9 Å². The molecule has 4 N–H and O–H groups in total. The summed E-state index contributed by atoms with van der Waals surface area (Å²) in [6, 6.07) is 4.40. The van der Waals surface area contributed by atoms with Gasteiger partial charge in [0.15, 0.2) is 0 Å². The Morgan fingerprint density at radius 3 is 2.60 bits per heavy atom. The molecule has 0 heterocycles. The molecule has 0 aliphatic rings. The summed E-state index contributed by atoms with van der Waals surface area (Å²) >= 11 is 3.30. The van der Waals surface area contributed by atoms with Crippen molar-refractivity contribution in [2.24, 2.45) is 5.73 Å². The van der Waals surface area contributed by atoms with Gasteiger partial charge in [-0.3, -0.25) is 10.2 Å². The quantitative estimate of drug-likeness (QED) is 0.668. The average molecular weight is 272 g/mol. The lowest BCUT2D eigenvalue weighted by Crippen LogP contribution is -2.44. The molecule has 1 aromatic carbocycles. The summed E-state index contributed by atoms with van der Waals surface area (Å²) in [5.74, 6) is -0.410. The molecule has 15 heavy (non-hydrogen) atoms. The van der Waals surface area contributed by atoms with Crippen molar-refractivity contribution in [3.05, 3.63) is 33.8 Å². The van der Waals surface area contributed by atoms with E-state index in [1.165, 1.54) is 0 Å². The summed E-state index contributed by atoms with van der Waals surface area (Å²) in [5.41, 5.74) is 10.3. The van der Waals surface area contributed by atoms with E-state index >= 15 is 0 Å². The van der Waals surface area contributed by atoms with Gasteiger partial charge in [0.05, 0.1) is 0 Å². The number of urea groups is 1. The Morgan fingerprint density at radius 1 is 1.33 bits per heavy atom. The van der Waals surface area contributed by atoms with Gasteiger partial charge in [-0.2, -0.15) is 0 Å². The Balaban J connectivity index is 2.82. The first-order chi connectivity index (χ1) is 7.02. The monoisotopic (exact) mass is 271 g/mol. The molecule has 0 saturated heterocycles. The SMILES string of the molecule is Cc1c(Br)cccc1C(=O)NNC(N)=O. The highest BCUT2D eigenvalue weighted by Gasteiger charge is 2.10. The lowest BCUT2D eigenvalue weighted by atomic mass is 10.1. The van der Waals surface area contributed by atoms with Crippen LogP contribution >= 0.6 is 15.9 Å². The minimum absolute atomic E-state index is 0.410. The Kier molecular flexibility index (Phi) is 3.68. The van der Waals surface area contributed by atoms with Crippen LogP contribution in [0, 0.1) is 6.92 Å². The van der Waals surface area contributed by atoms with Crippen LogP contribution in [0.5, 0.6) is 0 Å². The zero-order valence-electron chi connectivity index (χ0n) is 8.00. The number of rotatable bonds is 1. The van der Waals surface area contributed by atoms with Crippen LogP contribution in [0.25, 0.3) is 0 Å². The fourth-order valence-electron chi connectivity index (χ4n) is 1.04. The molecule has 6 heteroatoms. The molecule has 3 amide bonds. The zero-order valence-corrected chi connectivity index (χ0v) is 9.59. The number of nitrogens with one attached hydrogen (secondary N) is 2. The van der Waals surface area contributed by atoms with E-state index < -0.39 is 11.9 Å². The molecule has 1 aromatic rings. The normalized spacial score (nSPS) is 9.47. The number of halogens is 1. The van der Waals surface area contributed by atoms with Crippen LogP contribution in [0.15, 0.2) is 22.7 Å². The molecule has 0 spiro atoms. The number of nitrogens with two attached hydrogens (primary N) is 1. The highest BCUT2D eigenvalue weighted by molar-refractivity contribution is 9.10. The van der Waals surface area contributed by atoms with E-state index in [0.717, 1.165) is 10.0 Å². The minimum atomic E-state index is -0.809. The van der Waals surface area contributed by atoms with Gasteiger partial charge in [-0.05, 0) is 24.6 Å². The van der Waals surface area contributed by atoms with Crippen molar-refractivity contribution in [3.8, 4) is 0 Å². The topological polar surface area (TPSA) is 84.2 Å². The maximum absolute atomic E-state index is 11.5. The Morgan fingerprint density at radius 2 is 2.00 bits per heavy atom. The lowest BCUT2D eigenvalue weighted by Gasteiger charge is -2.08. The number of carbonyl (C=O) groups is 2. The molecule has 80 valence electrons. The Hall–Kier alpha value is -1.56. The van der Waals surface area contributed by atoms with Crippen LogP contribution < -0.4 is 16.6 Å². The third kappa shape index (κ3) is 2.95. The second-order valence-electron chi connectivity index (χ2n) is 2.86. The summed E-state index contributed by atoms with van der Waals surface area (Å²) in [7, 11) is 0. The largest absolute Gasteiger partial charge is 0.350 e. The summed E-state index contributed by atoms with van der Waals surface area (Å²) in [5, 5.41) is 0. The number of hydrazine groups is 1. The van der Waals surface area contributed by atoms with Crippen molar-refractivity contribution in [2.45, 2.75) is 6.92 Å². The van der Waals surface area contributed by atoms with Crippen molar-refractivity contribution in [1.82, 2.24) is 10.9 Å². The van der Waals surface area contributed by atoms with Crippen LogP contribution in [0.3, 0.4) is 0 Å². The molecule has 0 unspecified atom stereocenters. The molecule has 0 fully saturated rings. The second kappa shape index (κ2) is 4.79. The first-order valence-corrected chi connectivity index (χ1v) is 4.92. The van der Waals surface area contributed by atoms with Gasteiger partial charge in [-0.1, -0.05) is 22.0 Å². The number of carbonyl (C=O) groups excluding carboxylic acids is 2. The van der Waals surface area contributed by atoms with Gasteiger partial charge in [0, 0.05) is 10.0 Å². The van der Waals surface area contributed by atoms with Crippen molar-refractivity contribution >= 4 is 27.9 Å². The molecular formula is C9H10BrN3O2. The summed E-state index contributed by atoms with van der Waals surface area (Å²) in [6.07, 6.45) is 0. The third-order valence-electron chi connectivity index (χ3n) is 1.81. The molecule has 0 aliphatic heterocycles. The Labute approximate surface area is 95.1 Å². The number of amides is 3. The number of hydrogen-bond donors (Lipinski definition) is 3. The van der Waals surface area contributed by atoms with Gasteiger partial charge < -0.3 is 5.73 Å². The number of hydrogen-bond acceptors (Lipinski definition) is 2. The number of benzene rings is 1. The molecule has 0 saturated carbocycles. The number of primary amides is 1. The summed E-state index contributed by atoms with van der Waals surface area (Å²) in [4.78, 5) is 21.9. The lowest BCUT2D eigenvalue weighted by molar-refractivity contribution is 0.0936. The first-order valence-electron chi connectivity index (χ1n) is 4.13. The maximum Gasteiger partial charge on any atom is 0.330 e. The van der Waals surface area contributed by atoms with Crippen molar-refractivity contribution in [1.29, 1.82) is 0 Å². The van der Waals surface area contributed by atoms with Crippen molar-refractivity contribution in [2.75, 3.05) is 0 Å². The molecule has 5 nitrogen and oxygen atoms in total. The first kappa shape index (κ1) is 11.5. The standard InChI is InChI=1S/C9H10BrN3O2/c1-5-6(3-2-4-7(5)10)8(14)12-13-9(11)15/h2-4H,1H3,(H,12,14)(H3,11,13,15). The molecule has 0 atom stereocenters. The van der Waals surface area contributed by atoms with Gasteiger partial charge in [0.25, 0.3) is 5.91 Å². The van der Waals surface area contributed by atoms with E-state index in [2.05, 4.69) is 21.4 Å². The van der Waals surface area contributed by atoms with Gasteiger partial charge >= 0.3 is 6.03 Å². The van der Waals surface area contributed by atoms with Crippen LogP contribution in [-0.4, -0.2) is 11.9 Å². The van der Waals surface area contributed by atoms with Gasteiger partial charge in [0.1, 0.15) is 0 Å². The molecule has 0 bridgehead atoms. The van der Waals surface area contributed by atoms with Crippen LogP contribution in [0.2, 0.25) is 0 Å². The van der Waals surface area contributed by atoms with Gasteiger partial charge in [0.2, 0.25) is 0 Å². The van der Waals surface area contributed by atoms with Crippen LogP contribution in [-0.2, 0) is 0 Å². The van der Waals surface area contributed by atoms with E-state index in [4.69, 9.17) is 5.73 Å². The average Bonchev–Trinajstić information content (AvgIpc) is 2.18. The van der Waals surface area contributed by atoms with E-state index in [0.29, 0.717) is 5.56 Å². The minimum Gasteiger partial charge on any atom is -0.350 e. The van der Waals surface area contributed by atoms with E-state index in [-0.39, 0.29) is 0 Å². The highest BCUT2D eigenvalue weighted by Crippen LogP contribution is 2.18. The predicted molar refractivity (Wildman–Crippen MR) is 59.1 cm³/mol. The third-order valence-corrected chi connectivity index (χ3v) is 2.67. The summed E-state index contributed by atoms with van der Waals surface area (Å²) < 4.78 is 0.828. The van der Waals surface area contributed by atoms with Gasteiger partial charge in [-0.15, -0.1) is 0 Å². The van der Waals surface area contributed by atoms with E-state index in [9.17, 15) is 9.59 Å². The van der Waals surface area contributed by atoms with Crippen LogP contribution in [0.4, 0.5) is 4.79 Å². The van der Waals surface area contributed by atoms with Gasteiger partial charge in [-0.25, -0.2) is 10.2 Å². The molecule has 0 aromatic heterocycles. The van der Waals surface area contributed by atoms with Crippen molar-refractivity contribution < 1.29 is 9.59 Å². The molecular weight excluding hydrogens is 262 g/mol. The zero-order chi connectivity index (χ0) is 11.4. The fourth-order valence-corrected chi connectivity index (χ4v) is 1.41. The predicted octanol–water partition coefficient (Wildman–Crippen LogP) is 1.07. The highest BCUT2D eigenvalue weighted by atomic mass is 79.9.